The van der Waals surface area contributed by atoms with E-state index in [2.05, 4.69) is 14.9 Å². The van der Waals surface area contributed by atoms with E-state index >= 15 is 0 Å². The molecule has 3 aliphatic rings. The molecular weight excluding hydrogens is 304 g/mol. The summed E-state index contributed by atoms with van der Waals surface area (Å²) in [6.07, 6.45) is 5.52. The van der Waals surface area contributed by atoms with Crippen LogP contribution in [0.5, 0.6) is 11.6 Å². The van der Waals surface area contributed by atoms with Crippen LogP contribution in [0.2, 0.25) is 0 Å². The van der Waals surface area contributed by atoms with E-state index in [4.69, 9.17) is 14.5 Å². The Labute approximate surface area is 140 Å². The van der Waals surface area contributed by atoms with Crippen LogP contribution in [-0.2, 0) is 19.5 Å². The van der Waals surface area contributed by atoms with Crippen LogP contribution in [0.25, 0.3) is 0 Å². The molecule has 0 radical (unpaired) electrons. The van der Waals surface area contributed by atoms with Gasteiger partial charge in [-0.05, 0) is 25.0 Å². The average molecular weight is 324 g/mol. The molecule has 6 heteroatoms. The van der Waals surface area contributed by atoms with E-state index < -0.39 is 0 Å². The number of fused-ring (bicyclic) bond motifs is 2. The smallest absolute Gasteiger partial charge is 0.257 e. The summed E-state index contributed by atoms with van der Waals surface area (Å²) >= 11 is 0. The normalized spacial score (nSPS) is 19.8. The molecule has 1 aliphatic carbocycles. The number of aromatic nitrogens is 3. The Morgan fingerprint density at radius 2 is 2.04 bits per heavy atom. The van der Waals surface area contributed by atoms with Crippen molar-refractivity contribution in [1.29, 1.82) is 0 Å². The molecule has 6 nitrogen and oxygen atoms in total. The summed E-state index contributed by atoms with van der Waals surface area (Å²) in [7, 11) is 0. The standard InChI is InChI=1S/C18H20N4O2/c1-2-12(1)17-19-9-13-10-22(6-5-15(13)21-17)11-14-3-4-16-18(20-14)24-8-7-23-16/h3-4,9,12H,1-2,5-8,10-11H2. The highest BCUT2D eigenvalue weighted by Gasteiger charge is 2.28. The lowest BCUT2D eigenvalue weighted by Crippen LogP contribution is -2.31. The maximum absolute atomic E-state index is 5.58. The van der Waals surface area contributed by atoms with Crippen molar-refractivity contribution in [2.45, 2.75) is 38.3 Å². The average Bonchev–Trinajstić information content (AvgIpc) is 3.46. The van der Waals surface area contributed by atoms with Crippen LogP contribution < -0.4 is 9.47 Å². The molecule has 5 rings (SSSR count). The van der Waals surface area contributed by atoms with Crippen molar-refractivity contribution in [3.63, 3.8) is 0 Å². The number of pyridine rings is 1. The molecule has 2 aromatic rings. The molecular formula is C18H20N4O2. The van der Waals surface area contributed by atoms with E-state index in [1.165, 1.54) is 24.1 Å². The van der Waals surface area contributed by atoms with Crippen molar-refractivity contribution in [3.8, 4) is 11.6 Å². The molecule has 1 saturated carbocycles. The Balaban J connectivity index is 1.30. The number of rotatable bonds is 3. The largest absolute Gasteiger partial charge is 0.484 e. The van der Waals surface area contributed by atoms with E-state index in [9.17, 15) is 0 Å². The monoisotopic (exact) mass is 324 g/mol. The van der Waals surface area contributed by atoms with Gasteiger partial charge in [0.15, 0.2) is 5.75 Å². The van der Waals surface area contributed by atoms with Crippen molar-refractivity contribution in [1.82, 2.24) is 19.9 Å². The van der Waals surface area contributed by atoms with Gasteiger partial charge in [-0.3, -0.25) is 4.90 Å². The van der Waals surface area contributed by atoms with Gasteiger partial charge < -0.3 is 9.47 Å². The van der Waals surface area contributed by atoms with E-state index in [-0.39, 0.29) is 0 Å². The molecule has 0 atom stereocenters. The Morgan fingerprint density at radius 1 is 1.12 bits per heavy atom. The van der Waals surface area contributed by atoms with Gasteiger partial charge in [0, 0.05) is 49.4 Å². The second kappa shape index (κ2) is 5.70. The zero-order valence-electron chi connectivity index (χ0n) is 13.6. The highest BCUT2D eigenvalue weighted by atomic mass is 16.6. The van der Waals surface area contributed by atoms with Gasteiger partial charge in [-0.1, -0.05) is 0 Å². The van der Waals surface area contributed by atoms with Gasteiger partial charge in [-0.15, -0.1) is 0 Å². The molecule has 1 fully saturated rings. The minimum Gasteiger partial charge on any atom is -0.484 e. The van der Waals surface area contributed by atoms with Crippen molar-refractivity contribution in [2.75, 3.05) is 19.8 Å². The summed E-state index contributed by atoms with van der Waals surface area (Å²) in [5, 5.41) is 0. The third kappa shape index (κ3) is 2.71. The number of hydrogen-bond acceptors (Lipinski definition) is 6. The Hall–Kier alpha value is -2.21. The maximum atomic E-state index is 5.58. The topological polar surface area (TPSA) is 60.4 Å². The van der Waals surface area contributed by atoms with Gasteiger partial charge in [0.05, 0.1) is 5.69 Å². The maximum Gasteiger partial charge on any atom is 0.257 e. The van der Waals surface area contributed by atoms with Crippen LogP contribution in [0.3, 0.4) is 0 Å². The van der Waals surface area contributed by atoms with Crippen molar-refractivity contribution < 1.29 is 9.47 Å². The molecule has 0 saturated heterocycles. The van der Waals surface area contributed by atoms with Crippen LogP contribution in [0.1, 0.15) is 41.5 Å². The fourth-order valence-electron chi connectivity index (χ4n) is 3.35. The molecule has 0 bridgehead atoms. The summed E-state index contributed by atoms with van der Waals surface area (Å²) in [5.74, 6) is 3.04. The lowest BCUT2D eigenvalue weighted by molar-refractivity contribution is 0.162. The third-order valence-electron chi connectivity index (χ3n) is 4.82. The lowest BCUT2D eigenvalue weighted by Gasteiger charge is -2.28. The van der Waals surface area contributed by atoms with Gasteiger partial charge in [-0.2, -0.15) is 0 Å². The first kappa shape index (κ1) is 14.2. The minimum atomic E-state index is 0.571. The number of ether oxygens (including phenoxy) is 2. The highest BCUT2D eigenvalue weighted by Crippen LogP contribution is 2.38. The first-order valence-corrected chi connectivity index (χ1v) is 8.68. The van der Waals surface area contributed by atoms with E-state index in [0.29, 0.717) is 25.0 Å². The Morgan fingerprint density at radius 3 is 2.96 bits per heavy atom. The summed E-state index contributed by atoms with van der Waals surface area (Å²) in [6.45, 7) is 3.86. The number of hydrogen-bond donors (Lipinski definition) is 0. The van der Waals surface area contributed by atoms with E-state index in [0.717, 1.165) is 43.3 Å². The zero-order valence-corrected chi connectivity index (χ0v) is 13.6. The summed E-state index contributed by atoms with van der Waals surface area (Å²) in [6, 6.07) is 3.98. The molecule has 124 valence electrons. The first-order valence-electron chi connectivity index (χ1n) is 8.68. The lowest BCUT2D eigenvalue weighted by atomic mass is 10.1. The van der Waals surface area contributed by atoms with Gasteiger partial charge in [-0.25, -0.2) is 15.0 Å². The summed E-state index contributed by atoms with van der Waals surface area (Å²) in [5.41, 5.74) is 3.50. The first-order chi connectivity index (χ1) is 11.8. The van der Waals surface area contributed by atoms with E-state index in [1.807, 2.05) is 18.3 Å². The summed E-state index contributed by atoms with van der Waals surface area (Å²) < 4.78 is 11.1. The molecule has 0 N–H and O–H groups in total. The Kier molecular flexibility index (Phi) is 3.36. The van der Waals surface area contributed by atoms with Gasteiger partial charge in [0.1, 0.15) is 19.0 Å². The second-order valence-corrected chi connectivity index (χ2v) is 6.74. The van der Waals surface area contributed by atoms with Gasteiger partial charge in [0.25, 0.3) is 5.88 Å². The van der Waals surface area contributed by atoms with Crippen molar-refractivity contribution in [2.24, 2.45) is 0 Å². The fourth-order valence-corrected chi connectivity index (χ4v) is 3.35. The summed E-state index contributed by atoms with van der Waals surface area (Å²) in [4.78, 5) is 16.3. The quantitative estimate of drug-likeness (QED) is 0.861. The highest BCUT2D eigenvalue weighted by molar-refractivity contribution is 5.36. The molecule has 2 aromatic heterocycles. The zero-order chi connectivity index (χ0) is 15.9. The van der Waals surface area contributed by atoms with Crippen molar-refractivity contribution >= 4 is 0 Å². The molecule has 0 amide bonds. The molecule has 2 aliphatic heterocycles. The van der Waals surface area contributed by atoms with Gasteiger partial charge in [0.2, 0.25) is 0 Å². The SMILES string of the molecule is c1cc2c(nc1CN1CCc3nc(C4CC4)ncc3C1)OCCO2. The Bertz CT molecular complexity index is 776. The van der Waals surface area contributed by atoms with Crippen LogP contribution in [-0.4, -0.2) is 39.6 Å². The molecule has 4 heterocycles. The second-order valence-electron chi connectivity index (χ2n) is 6.74. The van der Waals surface area contributed by atoms with Crippen LogP contribution in [0, 0.1) is 0 Å². The molecule has 0 spiro atoms. The van der Waals surface area contributed by atoms with Crippen LogP contribution >= 0.6 is 0 Å². The van der Waals surface area contributed by atoms with Crippen molar-refractivity contribution in [3.05, 3.63) is 41.1 Å². The van der Waals surface area contributed by atoms with Crippen LogP contribution in [0.15, 0.2) is 18.3 Å². The number of nitrogens with zero attached hydrogens (tertiary/aromatic N) is 4. The molecule has 24 heavy (non-hydrogen) atoms. The third-order valence-corrected chi connectivity index (χ3v) is 4.82. The minimum absolute atomic E-state index is 0.571. The van der Waals surface area contributed by atoms with Gasteiger partial charge >= 0.3 is 0 Å². The fraction of sp³-hybridized carbons (Fsp3) is 0.500. The predicted molar refractivity (Wildman–Crippen MR) is 87.1 cm³/mol. The van der Waals surface area contributed by atoms with E-state index in [1.54, 1.807) is 0 Å². The molecule has 0 unspecified atom stereocenters. The predicted octanol–water partition coefficient (Wildman–Crippen LogP) is 2.08. The van der Waals surface area contributed by atoms with Crippen LogP contribution in [0.4, 0.5) is 0 Å². The molecule has 0 aromatic carbocycles.